The molecule has 0 amide bonds. The maximum atomic E-state index is 10.6. The maximum Gasteiger partial charge on any atom is 0.490 e. The molecule has 9 nitrogen and oxygen atoms in total. The van der Waals surface area contributed by atoms with Gasteiger partial charge < -0.3 is 25.2 Å². The number of nitrogens with one attached hydrogen (secondary N) is 1. The number of thiophene rings is 1. The van der Waals surface area contributed by atoms with Gasteiger partial charge in [-0.2, -0.15) is 13.2 Å². The molecule has 3 N–H and O–H groups in total. The molecular weight excluding hydrogens is 499 g/mol. The molecule has 0 saturated carbocycles. The van der Waals surface area contributed by atoms with Crippen LogP contribution >= 0.6 is 11.3 Å². The lowest BCUT2D eigenvalue weighted by molar-refractivity contribution is -0.192. The van der Waals surface area contributed by atoms with Gasteiger partial charge in [0.25, 0.3) is 0 Å². The number of phenolic OH excluding ortho intramolecular Hbond substituents is 1. The van der Waals surface area contributed by atoms with E-state index < -0.39 is 12.1 Å². The predicted molar refractivity (Wildman–Crippen MR) is 129 cm³/mol. The number of halogens is 3. The number of fused-ring (bicyclic) bond motifs is 1. The minimum Gasteiger partial charge on any atom is -0.508 e. The minimum atomic E-state index is -5.08. The zero-order chi connectivity index (χ0) is 25.7. The second-order valence-electron chi connectivity index (χ2n) is 8.28. The number of ether oxygens (including phenoxy) is 1. The van der Waals surface area contributed by atoms with Crippen LogP contribution in [0.2, 0.25) is 0 Å². The summed E-state index contributed by atoms with van der Waals surface area (Å²) in [6.45, 7) is 8.28. The van der Waals surface area contributed by atoms with Crippen molar-refractivity contribution in [2.24, 2.45) is 0 Å². The number of benzene rings is 1. The van der Waals surface area contributed by atoms with E-state index in [0.717, 1.165) is 67.4 Å². The lowest BCUT2D eigenvalue weighted by Crippen LogP contribution is -2.42. The molecule has 3 aromatic rings. The average Bonchev–Trinajstić information content (AvgIpc) is 3.26. The van der Waals surface area contributed by atoms with Crippen LogP contribution in [0.5, 0.6) is 5.75 Å². The highest BCUT2D eigenvalue weighted by Gasteiger charge is 2.38. The maximum absolute atomic E-state index is 10.6. The molecule has 2 aliphatic heterocycles. The van der Waals surface area contributed by atoms with E-state index in [1.807, 2.05) is 12.1 Å². The zero-order valence-electron chi connectivity index (χ0n) is 19.3. The summed E-state index contributed by atoms with van der Waals surface area (Å²) in [7, 11) is 0. The van der Waals surface area contributed by atoms with Crippen molar-refractivity contribution >= 4 is 33.3 Å². The third kappa shape index (κ3) is 6.60. The number of carboxylic acids is 1. The van der Waals surface area contributed by atoms with Crippen molar-refractivity contribution in [3.8, 4) is 17.1 Å². The summed E-state index contributed by atoms with van der Waals surface area (Å²) in [5.41, 5.74) is 1.81. The number of rotatable bonds is 4. The first-order valence-electron chi connectivity index (χ1n) is 11.4. The Bertz CT molecular complexity index is 1190. The van der Waals surface area contributed by atoms with Crippen molar-refractivity contribution in [1.29, 1.82) is 0 Å². The molecule has 0 bridgehead atoms. The number of aromatic nitrogens is 2. The van der Waals surface area contributed by atoms with Crippen molar-refractivity contribution in [3.05, 3.63) is 35.2 Å². The van der Waals surface area contributed by atoms with Crippen LogP contribution in [0.15, 0.2) is 30.3 Å². The van der Waals surface area contributed by atoms with Gasteiger partial charge in [-0.1, -0.05) is 12.1 Å². The van der Waals surface area contributed by atoms with Gasteiger partial charge in [0.05, 0.1) is 23.4 Å². The fourth-order valence-electron chi connectivity index (χ4n) is 3.90. The number of carbonyl (C=O) groups is 1. The van der Waals surface area contributed by atoms with Gasteiger partial charge in [0.15, 0.2) is 11.6 Å². The van der Waals surface area contributed by atoms with Gasteiger partial charge in [-0.15, -0.1) is 11.3 Å². The first-order valence-corrected chi connectivity index (χ1v) is 12.2. The molecule has 1 aromatic carbocycles. The summed E-state index contributed by atoms with van der Waals surface area (Å²) >= 11 is 1.80. The summed E-state index contributed by atoms with van der Waals surface area (Å²) in [5, 5.41) is 20.4. The van der Waals surface area contributed by atoms with E-state index >= 15 is 0 Å². The molecular formula is C23H26F3N5O4S. The normalized spacial score (nSPS) is 17.0. The van der Waals surface area contributed by atoms with Crippen molar-refractivity contribution in [2.45, 2.75) is 12.7 Å². The molecule has 0 radical (unpaired) electrons. The van der Waals surface area contributed by atoms with Crippen LogP contribution in [0, 0.1) is 0 Å². The molecule has 2 fully saturated rings. The SMILES string of the molecule is O=C(O)C(F)(F)F.Oc1cccc(-c2nc(N3CCOCC3)c3sc(CN4CCNCC4)cc3n2)c1. The molecule has 0 spiro atoms. The number of carboxylic acid groups (broad SMARTS) is 1. The molecule has 4 heterocycles. The second kappa shape index (κ2) is 11.4. The van der Waals surface area contributed by atoms with Crippen LogP contribution in [0.3, 0.4) is 0 Å². The highest BCUT2D eigenvalue weighted by atomic mass is 32.1. The summed E-state index contributed by atoms with van der Waals surface area (Å²) in [4.78, 5) is 24.8. The lowest BCUT2D eigenvalue weighted by Gasteiger charge is -2.28. The Morgan fingerprint density at radius 2 is 1.81 bits per heavy atom. The molecule has 13 heteroatoms. The number of aromatic hydroxyl groups is 1. The van der Waals surface area contributed by atoms with Crippen LogP contribution < -0.4 is 10.2 Å². The summed E-state index contributed by atoms with van der Waals surface area (Å²) in [6, 6.07) is 9.37. The number of hydrogen-bond donors (Lipinski definition) is 3. The van der Waals surface area contributed by atoms with Crippen molar-refractivity contribution in [2.75, 3.05) is 57.4 Å². The number of phenols is 1. The average molecular weight is 526 g/mol. The summed E-state index contributed by atoms with van der Waals surface area (Å²) < 4.78 is 38.4. The van der Waals surface area contributed by atoms with E-state index in [4.69, 9.17) is 24.6 Å². The van der Waals surface area contributed by atoms with Crippen LogP contribution in [-0.4, -0.2) is 89.7 Å². The Morgan fingerprint density at radius 3 is 2.44 bits per heavy atom. The fraction of sp³-hybridized carbons (Fsp3) is 0.435. The summed E-state index contributed by atoms with van der Waals surface area (Å²) in [5.74, 6) is -0.897. The number of piperazine rings is 1. The van der Waals surface area contributed by atoms with Crippen molar-refractivity contribution in [3.63, 3.8) is 0 Å². The number of morpholine rings is 1. The number of anilines is 1. The van der Waals surface area contributed by atoms with Gasteiger partial charge in [-0.25, -0.2) is 14.8 Å². The van der Waals surface area contributed by atoms with E-state index in [1.165, 1.54) is 4.88 Å². The molecule has 0 aliphatic carbocycles. The Kier molecular flexibility index (Phi) is 8.24. The number of alkyl halides is 3. The van der Waals surface area contributed by atoms with Crippen molar-refractivity contribution in [1.82, 2.24) is 20.2 Å². The lowest BCUT2D eigenvalue weighted by atomic mass is 10.2. The van der Waals surface area contributed by atoms with Gasteiger partial charge in [0.1, 0.15) is 5.75 Å². The predicted octanol–water partition coefficient (Wildman–Crippen LogP) is 2.94. The molecule has 0 atom stereocenters. The second-order valence-corrected chi connectivity index (χ2v) is 9.41. The van der Waals surface area contributed by atoms with Gasteiger partial charge in [0, 0.05) is 56.3 Å². The Hall–Kier alpha value is -3.00. The number of nitrogens with zero attached hydrogens (tertiary/aromatic N) is 4. The topological polar surface area (TPSA) is 111 Å². The minimum absolute atomic E-state index is 0.226. The van der Waals surface area contributed by atoms with Crippen LogP contribution in [0.4, 0.5) is 19.0 Å². The summed E-state index contributed by atoms with van der Waals surface area (Å²) in [6.07, 6.45) is -5.08. The van der Waals surface area contributed by atoms with Gasteiger partial charge in [0.2, 0.25) is 0 Å². The van der Waals surface area contributed by atoms with Crippen LogP contribution in [0.1, 0.15) is 4.88 Å². The molecule has 5 rings (SSSR count). The van der Waals surface area contributed by atoms with E-state index in [1.54, 1.807) is 23.5 Å². The van der Waals surface area contributed by atoms with Gasteiger partial charge in [-0.05, 0) is 18.2 Å². The molecule has 0 unspecified atom stereocenters. The fourth-order valence-corrected chi connectivity index (χ4v) is 5.05. The number of aliphatic carboxylic acids is 1. The van der Waals surface area contributed by atoms with Crippen LogP contribution in [-0.2, 0) is 16.1 Å². The van der Waals surface area contributed by atoms with E-state index in [-0.39, 0.29) is 5.75 Å². The smallest absolute Gasteiger partial charge is 0.490 e. The third-order valence-electron chi connectivity index (χ3n) is 5.65. The Labute approximate surface area is 209 Å². The highest BCUT2D eigenvalue weighted by Crippen LogP contribution is 2.35. The molecule has 2 aromatic heterocycles. The first kappa shape index (κ1) is 26.1. The van der Waals surface area contributed by atoms with Gasteiger partial charge >= 0.3 is 12.1 Å². The molecule has 2 aliphatic rings. The highest BCUT2D eigenvalue weighted by molar-refractivity contribution is 7.19. The monoisotopic (exact) mass is 525 g/mol. The van der Waals surface area contributed by atoms with Crippen LogP contribution in [0.25, 0.3) is 21.6 Å². The third-order valence-corrected chi connectivity index (χ3v) is 6.76. The number of hydrogen-bond acceptors (Lipinski definition) is 9. The quantitative estimate of drug-likeness (QED) is 0.474. The molecule has 194 valence electrons. The van der Waals surface area contributed by atoms with Gasteiger partial charge in [-0.3, -0.25) is 4.90 Å². The van der Waals surface area contributed by atoms with E-state index in [0.29, 0.717) is 19.0 Å². The van der Waals surface area contributed by atoms with E-state index in [9.17, 15) is 18.3 Å². The Morgan fingerprint density at radius 1 is 1.11 bits per heavy atom. The molecule has 36 heavy (non-hydrogen) atoms. The Balaban J connectivity index is 0.000000384. The zero-order valence-corrected chi connectivity index (χ0v) is 20.1. The molecule has 2 saturated heterocycles. The van der Waals surface area contributed by atoms with Crippen molar-refractivity contribution < 1.29 is 32.9 Å². The largest absolute Gasteiger partial charge is 0.508 e. The van der Waals surface area contributed by atoms with E-state index in [2.05, 4.69) is 21.2 Å². The first-order chi connectivity index (χ1) is 17.2. The standard InChI is InChI=1S/C21H25N5O2S.C2HF3O2/c27-16-3-1-2-15(12-16)20-23-18-13-17(14-25-6-4-22-5-7-25)29-19(18)21(24-20)26-8-10-28-11-9-26;3-2(4,5)1(6)7/h1-3,12-13,22,27H,4-11,14H2;(H,6,7).